The monoisotopic (exact) mass is 434 g/mol. The average molecular weight is 434 g/mol. The van der Waals surface area contributed by atoms with Crippen LogP contribution in [0.15, 0.2) is 65.6 Å². The van der Waals surface area contributed by atoms with Gasteiger partial charge in [0.15, 0.2) is 0 Å². The molecule has 9 heteroatoms. The van der Waals surface area contributed by atoms with Crippen LogP contribution in [0.5, 0.6) is 0 Å². The first kappa shape index (κ1) is 21.5. The van der Waals surface area contributed by atoms with Crippen LogP contribution < -0.4 is 10.0 Å². The van der Waals surface area contributed by atoms with E-state index >= 15 is 0 Å². The van der Waals surface area contributed by atoms with E-state index in [1.54, 1.807) is 6.92 Å². The first-order chi connectivity index (χ1) is 14.2. The standard InChI is InChI=1S/C21H17F3N2O3S/c1-13-2-8-17(11-19(13)24)26-21(27)15-5-9-18(23)20(10-15)30(28,29)25-12-14-3-6-16(22)7-4-14/h2-11,25H,12H2,1H3,(H,26,27). The minimum Gasteiger partial charge on any atom is -0.322 e. The van der Waals surface area contributed by atoms with Crippen LogP contribution in [0, 0.1) is 24.4 Å². The molecule has 0 saturated heterocycles. The molecule has 0 fully saturated rings. The summed E-state index contributed by atoms with van der Waals surface area (Å²) in [5, 5.41) is 2.44. The smallest absolute Gasteiger partial charge is 0.255 e. The normalized spacial score (nSPS) is 11.3. The third kappa shape index (κ3) is 5.05. The number of carbonyl (C=O) groups is 1. The molecule has 5 nitrogen and oxygen atoms in total. The van der Waals surface area contributed by atoms with Gasteiger partial charge >= 0.3 is 0 Å². The van der Waals surface area contributed by atoms with E-state index in [9.17, 15) is 26.4 Å². The van der Waals surface area contributed by atoms with Gasteiger partial charge < -0.3 is 5.32 Å². The minimum atomic E-state index is -4.30. The highest BCUT2D eigenvalue weighted by Crippen LogP contribution is 2.19. The Kier molecular flexibility index (Phi) is 6.23. The Hall–Kier alpha value is -3.17. The van der Waals surface area contributed by atoms with Crippen LogP contribution in [0.2, 0.25) is 0 Å². The summed E-state index contributed by atoms with van der Waals surface area (Å²) in [5.74, 6) is -2.76. The Morgan fingerprint density at radius 2 is 1.60 bits per heavy atom. The van der Waals surface area contributed by atoms with Gasteiger partial charge in [0.25, 0.3) is 5.91 Å². The Bertz CT molecular complexity index is 1200. The zero-order chi connectivity index (χ0) is 21.9. The molecule has 0 unspecified atom stereocenters. The minimum absolute atomic E-state index is 0.125. The van der Waals surface area contributed by atoms with Gasteiger partial charge in [0, 0.05) is 17.8 Å². The summed E-state index contributed by atoms with van der Waals surface area (Å²) >= 11 is 0. The van der Waals surface area contributed by atoms with Crippen LogP contribution in [-0.4, -0.2) is 14.3 Å². The third-order valence-electron chi connectivity index (χ3n) is 4.29. The number of halogens is 3. The number of carbonyl (C=O) groups excluding carboxylic acids is 1. The molecule has 0 spiro atoms. The fourth-order valence-corrected chi connectivity index (χ4v) is 3.70. The zero-order valence-electron chi connectivity index (χ0n) is 15.7. The lowest BCUT2D eigenvalue weighted by Crippen LogP contribution is -2.25. The van der Waals surface area contributed by atoms with E-state index in [1.807, 2.05) is 0 Å². The van der Waals surface area contributed by atoms with Crippen LogP contribution in [0.1, 0.15) is 21.5 Å². The number of nitrogens with one attached hydrogen (secondary N) is 2. The molecular weight excluding hydrogens is 417 g/mol. The molecule has 0 heterocycles. The van der Waals surface area contributed by atoms with Crippen LogP contribution in [-0.2, 0) is 16.6 Å². The first-order valence-corrected chi connectivity index (χ1v) is 10.3. The van der Waals surface area contributed by atoms with Crippen molar-refractivity contribution in [3.63, 3.8) is 0 Å². The van der Waals surface area contributed by atoms with Gasteiger partial charge in [0.2, 0.25) is 10.0 Å². The molecule has 0 aliphatic carbocycles. The first-order valence-electron chi connectivity index (χ1n) is 8.77. The van der Waals surface area contributed by atoms with Crippen LogP contribution in [0.25, 0.3) is 0 Å². The molecule has 156 valence electrons. The van der Waals surface area contributed by atoms with Gasteiger partial charge in [-0.2, -0.15) is 0 Å². The maximum Gasteiger partial charge on any atom is 0.255 e. The van der Waals surface area contributed by atoms with Gasteiger partial charge in [-0.25, -0.2) is 26.3 Å². The molecule has 0 saturated carbocycles. The van der Waals surface area contributed by atoms with Crippen LogP contribution >= 0.6 is 0 Å². The van der Waals surface area contributed by atoms with Crippen LogP contribution in [0.3, 0.4) is 0 Å². The second-order valence-electron chi connectivity index (χ2n) is 6.51. The van der Waals surface area contributed by atoms with E-state index in [1.165, 1.54) is 36.4 Å². The second-order valence-corrected chi connectivity index (χ2v) is 8.25. The van der Waals surface area contributed by atoms with E-state index in [2.05, 4.69) is 10.0 Å². The topological polar surface area (TPSA) is 75.3 Å². The van der Waals surface area contributed by atoms with E-state index in [-0.39, 0.29) is 17.8 Å². The lowest BCUT2D eigenvalue weighted by molar-refractivity contribution is 0.102. The number of benzene rings is 3. The fourth-order valence-electron chi connectivity index (χ4n) is 2.58. The summed E-state index contributed by atoms with van der Waals surface area (Å²) in [5.41, 5.74) is 0.914. The summed E-state index contributed by atoms with van der Waals surface area (Å²) in [6.45, 7) is 1.37. The van der Waals surface area contributed by atoms with Gasteiger partial charge in [0.1, 0.15) is 22.3 Å². The van der Waals surface area contributed by atoms with Gasteiger partial charge in [-0.15, -0.1) is 0 Å². The highest BCUT2D eigenvalue weighted by molar-refractivity contribution is 7.89. The summed E-state index contributed by atoms with van der Waals surface area (Å²) in [7, 11) is -4.30. The number of anilines is 1. The van der Waals surface area contributed by atoms with Crippen molar-refractivity contribution in [1.82, 2.24) is 4.72 Å². The second kappa shape index (κ2) is 8.68. The average Bonchev–Trinajstić information content (AvgIpc) is 2.70. The Morgan fingerprint density at radius 3 is 2.27 bits per heavy atom. The van der Waals surface area contributed by atoms with E-state index in [4.69, 9.17) is 0 Å². The molecule has 0 atom stereocenters. The maximum atomic E-state index is 14.2. The highest BCUT2D eigenvalue weighted by Gasteiger charge is 2.21. The van der Waals surface area contributed by atoms with Crippen molar-refractivity contribution in [2.24, 2.45) is 0 Å². The summed E-state index contributed by atoms with van der Waals surface area (Å²) in [6.07, 6.45) is 0. The summed E-state index contributed by atoms with van der Waals surface area (Å²) in [4.78, 5) is 11.7. The van der Waals surface area contributed by atoms with Gasteiger partial charge in [-0.05, 0) is 60.5 Å². The van der Waals surface area contributed by atoms with Crippen LogP contribution in [0.4, 0.5) is 18.9 Å². The number of rotatable bonds is 6. The molecule has 0 radical (unpaired) electrons. The number of sulfonamides is 1. The van der Waals surface area contributed by atoms with E-state index in [0.29, 0.717) is 11.1 Å². The molecule has 30 heavy (non-hydrogen) atoms. The lowest BCUT2D eigenvalue weighted by Gasteiger charge is -2.11. The number of hydrogen-bond acceptors (Lipinski definition) is 3. The van der Waals surface area contributed by atoms with E-state index < -0.39 is 38.3 Å². The van der Waals surface area contributed by atoms with Gasteiger partial charge in [-0.1, -0.05) is 18.2 Å². The molecule has 2 N–H and O–H groups in total. The summed E-state index contributed by atoms with van der Waals surface area (Å²) < 4.78 is 68.0. The third-order valence-corrected chi connectivity index (χ3v) is 5.71. The molecular formula is C21H17F3N2O3S. The Morgan fingerprint density at radius 1 is 0.900 bits per heavy atom. The molecule has 0 aliphatic rings. The van der Waals surface area contributed by atoms with Crippen molar-refractivity contribution < 1.29 is 26.4 Å². The number of aryl methyl sites for hydroxylation is 1. The number of hydrogen-bond donors (Lipinski definition) is 2. The quantitative estimate of drug-likeness (QED) is 0.612. The highest BCUT2D eigenvalue weighted by atomic mass is 32.2. The van der Waals surface area contributed by atoms with Crippen molar-refractivity contribution in [2.45, 2.75) is 18.4 Å². The van der Waals surface area contributed by atoms with E-state index in [0.717, 1.165) is 24.3 Å². The van der Waals surface area contributed by atoms with Crippen molar-refractivity contribution in [2.75, 3.05) is 5.32 Å². The predicted molar refractivity (Wildman–Crippen MR) is 106 cm³/mol. The predicted octanol–water partition coefficient (Wildman–Crippen LogP) is 4.14. The molecule has 0 aromatic heterocycles. The number of amides is 1. The fraction of sp³-hybridized carbons (Fsp3) is 0.0952. The summed E-state index contributed by atoms with van der Waals surface area (Å²) in [6, 6.07) is 12.1. The maximum absolute atomic E-state index is 14.2. The zero-order valence-corrected chi connectivity index (χ0v) is 16.6. The largest absolute Gasteiger partial charge is 0.322 e. The SMILES string of the molecule is Cc1ccc(NC(=O)c2ccc(F)c(S(=O)(=O)NCc3ccc(F)cc3)c2)cc1F. The van der Waals surface area contributed by atoms with Crippen molar-refractivity contribution in [3.05, 3.63) is 94.8 Å². The molecule has 1 amide bonds. The lowest BCUT2D eigenvalue weighted by atomic mass is 10.2. The van der Waals surface area contributed by atoms with Gasteiger partial charge in [0.05, 0.1) is 0 Å². The molecule has 0 aliphatic heterocycles. The molecule has 3 rings (SSSR count). The van der Waals surface area contributed by atoms with Crippen molar-refractivity contribution >= 4 is 21.6 Å². The van der Waals surface area contributed by atoms with Crippen molar-refractivity contribution in [3.8, 4) is 0 Å². The van der Waals surface area contributed by atoms with Gasteiger partial charge in [-0.3, -0.25) is 4.79 Å². The molecule has 3 aromatic carbocycles. The Labute approximate surface area is 171 Å². The van der Waals surface area contributed by atoms with Crippen molar-refractivity contribution in [1.29, 1.82) is 0 Å². The molecule has 3 aromatic rings. The molecule has 0 bridgehead atoms. The Balaban J connectivity index is 1.80.